The summed E-state index contributed by atoms with van der Waals surface area (Å²) in [5.41, 5.74) is -0.277. The van der Waals surface area contributed by atoms with Gasteiger partial charge in [-0.2, -0.15) is 0 Å². The van der Waals surface area contributed by atoms with Crippen LogP contribution < -0.4 is 0 Å². The van der Waals surface area contributed by atoms with Crippen LogP contribution in [0, 0.1) is 0 Å². The van der Waals surface area contributed by atoms with Gasteiger partial charge in [-0.05, 0) is 13.8 Å². The van der Waals surface area contributed by atoms with Crippen LogP contribution in [0.15, 0.2) is 9.81 Å². The van der Waals surface area contributed by atoms with Crippen LogP contribution in [0.2, 0.25) is 0 Å². The van der Waals surface area contributed by atoms with E-state index in [1.165, 1.54) is 0 Å². The fourth-order valence-electron chi connectivity index (χ4n) is 0.672. The van der Waals surface area contributed by atoms with Crippen molar-refractivity contribution in [2.75, 3.05) is 13.2 Å². The molecule has 0 amide bonds. The summed E-state index contributed by atoms with van der Waals surface area (Å²) in [5, 5.41) is 0. The third-order valence-electron chi connectivity index (χ3n) is 1.18. The van der Waals surface area contributed by atoms with Crippen LogP contribution in [0.1, 0.15) is 13.8 Å². The third kappa shape index (κ3) is 9.57. The van der Waals surface area contributed by atoms with Gasteiger partial charge in [0.2, 0.25) is 0 Å². The minimum atomic E-state index is -0.772. The number of carbonyl (C=O) groups is 2. The molecule has 0 saturated heterocycles. The molecule has 0 bridgehead atoms. The maximum absolute atomic E-state index is 11.2. The van der Waals surface area contributed by atoms with Crippen molar-refractivity contribution in [3.63, 3.8) is 0 Å². The Morgan fingerprint density at radius 2 is 1.25 bits per heavy atom. The van der Waals surface area contributed by atoms with Gasteiger partial charge in [0.25, 0.3) is 0 Å². The van der Waals surface area contributed by atoms with Gasteiger partial charge in [-0.15, -0.1) is 25.3 Å². The standard InChI is InChI=1S/C8H12O4S2.2K.2H/c1-3-11-6(9)5(8(13)14)7(10)12-4-2;;;;/h13-14H,3-4H2,1-2H3;;;;. The number of rotatable bonds is 4. The zero-order valence-electron chi connectivity index (χ0n) is 7.94. The molecule has 0 heterocycles. The summed E-state index contributed by atoms with van der Waals surface area (Å²) in [6.07, 6.45) is 0. The van der Waals surface area contributed by atoms with Crippen molar-refractivity contribution >= 4 is 140 Å². The molecular weight excluding hydrogens is 302 g/mol. The molecule has 0 fully saturated rings. The van der Waals surface area contributed by atoms with Gasteiger partial charge >= 0.3 is 115 Å². The SMILES string of the molecule is CCOC(=O)C(C(=O)OCC)=C(S)S.[KH].[KH]. The van der Waals surface area contributed by atoms with Crippen LogP contribution in [0.25, 0.3) is 0 Å². The summed E-state index contributed by atoms with van der Waals surface area (Å²) in [6.45, 7) is 3.63. The van der Waals surface area contributed by atoms with Crippen LogP contribution in [0.5, 0.6) is 0 Å². The van der Waals surface area contributed by atoms with Gasteiger partial charge in [-0.3, -0.25) is 0 Å². The molecule has 0 saturated carbocycles. The molecule has 84 valence electrons. The van der Waals surface area contributed by atoms with Gasteiger partial charge in [0.15, 0.2) is 5.57 Å². The Labute approximate surface area is 191 Å². The van der Waals surface area contributed by atoms with Crippen molar-refractivity contribution in [1.29, 1.82) is 0 Å². The second kappa shape index (κ2) is 14.1. The van der Waals surface area contributed by atoms with Crippen LogP contribution in [-0.2, 0) is 19.1 Å². The van der Waals surface area contributed by atoms with Crippen molar-refractivity contribution in [3.05, 3.63) is 9.81 Å². The number of thiol groups is 2. The second-order valence-electron chi connectivity index (χ2n) is 2.14. The fourth-order valence-corrected chi connectivity index (χ4v) is 1.04. The Morgan fingerprint density at radius 3 is 1.44 bits per heavy atom. The summed E-state index contributed by atoms with van der Waals surface area (Å²) in [5.74, 6) is -1.54. The first-order valence-electron chi connectivity index (χ1n) is 4.01. The summed E-state index contributed by atoms with van der Waals surface area (Å²) in [4.78, 5) is 22.4. The Bertz CT molecular complexity index is 245. The predicted octanol–water partition coefficient (Wildman–Crippen LogP) is -0.113. The predicted molar refractivity (Wildman–Crippen MR) is 72.6 cm³/mol. The van der Waals surface area contributed by atoms with Crippen molar-refractivity contribution in [1.82, 2.24) is 0 Å². The minimum absolute atomic E-state index is 0. The van der Waals surface area contributed by atoms with Crippen molar-refractivity contribution < 1.29 is 19.1 Å². The monoisotopic (exact) mass is 316 g/mol. The van der Waals surface area contributed by atoms with Crippen LogP contribution in [-0.4, -0.2) is 128 Å². The maximum atomic E-state index is 11.2. The van der Waals surface area contributed by atoms with Gasteiger partial charge < -0.3 is 9.47 Å². The van der Waals surface area contributed by atoms with E-state index in [1.807, 2.05) is 0 Å². The van der Waals surface area contributed by atoms with Crippen LogP contribution >= 0.6 is 25.3 Å². The molecule has 0 aromatic carbocycles. The molecule has 8 heteroatoms. The van der Waals surface area contributed by atoms with Crippen molar-refractivity contribution in [2.24, 2.45) is 0 Å². The normalized spacial score (nSPS) is 8.00. The first kappa shape index (κ1) is 23.7. The average molecular weight is 317 g/mol. The zero-order valence-corrected chi connectivity index (χ0v) is 9.73. The van der Waals surface area contributed by atoms with E-state index in [2.05, 4.69) is 34.7 Å². The van der Waals surface area contributed by atoms with E-state index < -0.39 is 11.9 Å². The fraction of sp³-hybridized carbons (Fsp3) is 0.500. The Morgan fingerprint density at radius 1 is 0.938 bits per heavy atom. The molecule has 0 rings (SSSR count). The van der Waals surface area contributed by atoms with Crippen LogP contribution in [0.3, 0.4) is 0 Å². The van der Waals surface area contributed by atoms with Gasteiger partial charge in [-0.25, -0.2) is 9.59 Å². The van der Waals surface area contributed by atoms with E-state index in [-0.39, 0.29) is 126 Å². The number of hydrogen-bond acceptors (Lipinski definition) is 6. The van der Waals surface area contributed by atoms with Gasteiger partial charge in [0.1, 0.15) is 0 Å². The van der Waals surface area contributed by atoms with E-state index in [0.29, 0.717) is 0 Å². The van der Waals surface area contributed by atoms with Gasteiger partial charge in [0.05, 0.1) is 17.5 Å². The molecule has 0 aliphatic carbocycles. The average Bonchev–Trinajstić information content (AvgIpc) is 2.04. The first-order valence-corrected chi connectivity index (χ1v) is 4.90. The topological polar surface area (TPSA) is 52.6 Å². The molecule has 0 aliphatic heterocycles. The summed E-state index contributed by atoms with van der Waals surface area (Å²) < 4.78 is 9.26. The third-order valence-corrected chi connectivity index (χ3v) is 1.63. The molecule has 4 nitrogen and oxygen atoms in total. The molecule has 0 atom stereocenters. The Balaban J connectivity index is -0.000000845. The van der Waals surface area contributed by atoms with E-state index in [4.69, 9.17) is 0 Å². The number of hydrogen-bond donors (Lipinski definition) is 2. The Hall–Kier alpha value is 2.65. The van der Waals surface area contributed by atoms with E-state index in [0.717, 1.165) is 0 Å². The summed E-state index contributed by atoms with van der Waals surface area (Å²) >= 11 is 7.60. The van der Waals surface area contributed by atoms with E-state index in [1.54, 1.807) is 13.8 Å². The zero-order chi connectivity index (χ0) is 11.1. The summed E-state index contributed by atoms with van der Waals surface area (Å²) in [6, 6.07) is 0. The summed E-state index contributed by atoms with van der Waals surface area (Å²) in [7, 11) is 0. The van der Waals surface area contributed by atoms with Crippen molar-refractivity contribution in [2.45, 2.75) is 13.8 Å². The van der Waals surface area contributed by atoms with E-state index >= 15 is 0 Å². The molecule has 0 aromatic rings. The second-order valence-corrected chi connectivity index (χ2v) is 3.39. The molecule has 0 unspecified atom stereocenters. The number of ether oxygens (including phenoxy) is 2. The molecule has 16 heavy (non-hydrogen) atoms. The van der Waals surface area contributed by atoms with Crippen molar-refractivity contribution in [3.8, 4) is 0 Å². The van der Waals surface area contributed by atoms with Crippen LogP contribution in [0.4, 0.5) is 0 Å². The number of carbonyl (C=O) groups excluding carboxylic acids is 2. The molecule has 0 N–H and O–H groups in total. The molecule has 0 spiro atoms. The van der Waals surface area contributed by atoms with E-state index in [9.17, 15) is 9.59 Å². The van der Waals surface area contributed by atoms with Gasteiger partial charge in [0, 0.05) is 0 Å². The number of esters is 2. The van der Waals surface area contributed by atoms with Gasteiger partial charge in [-0.1, -0.05) is 0 Å². The molecular formula is C8H14K2O4S2. The molecule has 0 aliphatic rings. The molecule has 0 aromatic heterocycles. The molecule has 0 radical (unpaired) electrons. The quantitative estimate of drug-likeness (QED) is 0.190. The first-order chi connectivity index (χ1) is 6.54. The Kier molecular flexibility index (Phi) is 20.9.